The number of methoxy groups -OCH3 is 2. The smallest absolute Gasteiger partial charge is 0.262 e. The van der Waals surface area contributed by atoms with E-state index >= 15 is 0 Å². The third-order valence-electron chi connectivity index (χ3n) is 4.39. The number of nitrogens with zero attached hydrogens (tertiary/aromatic N) is 4. The second kappa shape index (κ2) is 8.94. The third-order valence-corrected chi connectivity index (χ3v) is 5.77. The fourth-order valence-electron chi connectivity index (χ4n) is 2.83. The molecule has 0 spiro atoms. The maximum absolute atomic E-state index is 12.7. The van der Waals surface area contributed by atoms with Crippen LogP contribution in [0.1, 0.15) is 0 Å². The lowest BCUT2D eigenvalue weighted by Crippen LogP contribution is -2.13. The zero-order valence-corrected chi connectivity index (χ0v) is 18.0. The van der Waals surface area contributed by atoms with Crippen LogP contribution in [0.25, 0.3) is 5.82 Å². The van der Waals surface area contributed by atoms with E-state index in [2.05, 4.69) is 19.7 Å². The van der Waals surface area contributed by atoms with Crippen molar-refractivity contribution in [2.24, 2.45) is 0 Å². The van der Waals surface area contributed by atoms with Crippen molar-refractivity contribution in [2.75, 3.05) is 18.9 Å². The molecule has 4 rings (SSSR count). The van der Waals surface area contributed by atoms with Gasteiger partial charge in [0.1, 0.15) is 24.2 Å². The van der Waals surface area contributed by atoms with Crippen LogP contribution in [0.4, 0.5) is 5.69 Å². The summed E-state index contributed by atoms with van der Waals surface area (Å²) in [6.07, 6.45) is 6.40. The topological polar surface area (TPSA) is 117 Å². The van der Waals surface area contributed by atoms with Gasteiger partial charge in [-0.2, -0.15) is 0 Å². The molecule has 0 unspecified atom stereocenters. The number of aromatic nitrogens is 4. The molecule has 4 aromatic rings. The molecule has 2 heterocycles. The van der Waals surface area contributed by atoms with Crippen LogP contribution in [-0.4, -0.2) is 42.2 Å². The molecule has 0 bridgehead atoms. The molecule has 10 nitrogen and oxygen atoms in total. The first-order valence-corrected chi connectivity index (χ1v) is 10.8. The average Bonchev–Trinajstić information content (AvgIpc) is 3.35. The highest BCUT2D eigenvalue weighted by molar-refractivity contribution is 7.92. The van der Waals surface area contributed by atoms with Crippen LogP contribution in [0, 0.1) is 0 Å². The number of anilines is 1. The predicted molar refractivity (Wildman–Crippen MR) is 116 cm³/mol. The van der Waals surface area contributed by atoms with Gasteiger partial charge in [0.15, 0.2) is 11.5 Å². The van der Waals surface area contributed by atoms with Gasteiger partial charge in [-0.15, -0.1) is 0 Å². The minimum absolute atomic E-state index is 0.0449. The zero-order valence-electron chi connectivity index (χ0n) is 17.2. The summed E-state index contributed by atoms with van der Waals surface area (Å²) in [6, 6.07) is 12.5. The van der Waals surface area contributed by atoms with Crippen molar-refractivity contribution in [3.05, 3.63) is 73.6 Å². The molecule has 0 amide bonds. The van der Waals surface area contributed by atoms with Crippen LogP contribution in [-0.2, 0) is 10.0 Å². The quantitative estimate of drug-likeness (QED) is 0.432. The summed E-state index contributed by atoms with van der Waals surface area (Å²) in [7, 11) is -0.908. The highest BCUT2D eigenvalue weighted by Crippen LogP contribution is 2.30. The lowest BCUT2D eigenvalue weighted by Gasteiger charge is -2.12. The average molecular weight is 453 g/mol. The van der Waals surface area contributed by atoms with Crippen LogP contribution >= 0.6 is 0 Å². The van der Waals surface area contributed by atoms with Gasteiger partial charge in [0.2, 0.25) is 5.88 Å². The van der Waals surface area contributed by atoms with Crippen LogP contribution in [0.3, 0.4) is 0 Å². The summed E-state index contributed by atoms with van der Waals surface area (Å²) in [6.45, 7) is 0. The van der Waals surface area contributed by atoms with E-state index in [0.29, 0.717) is 34.6 Å². The Morgan fingerprint density at radius 3 is 2.41 bits per heavy atom. The Hall–Kier alpha value is -4.12. The monoisotopic (exact) mass is 453 g/mol. The SMILES string of the molecule is COc1ccc(S(=O)(=O)Nc2ccc(Oc3cc(-n4ccnc4)ncn3)cc2)cc1OC. The number of nitrogens with one attached hydrogen (secondary N) is 1. The molecule has 0 saturated carbocycles. The highest BCUT2D eigenvalue weighted by atomic mass is 32.2. The highest BCUT2D eigenvalue weighted by Gasteiger charge is 2.17. The molecule has 32 heavy (non-hydrogen) atoms. The molecule has 11 heteroatoms. The summed E-state index contributed by atoms with van der Waals surface area (Å²) >= 11 is 0. The van der Waals surface area contributed by atoms with E-state index in [4.69, 9.17) is 14.2 Å². The third kappa shape index (κ3) is 4.62. The van der Waals surface area contributed by atoms with Gasteiger partial charge in [-0.05, 0) is 36.4 Å². The minimum Gasteiger partial charge on any atom is -0.493 e. The molecule has 164 valence electrons. The van der Waals surface area contributed by atoms with Crippen molar-refractivity contribution >= 4 is 15.7 Å². The lowest BCUT2D eigenvalue weighted by atomic mass is 10.3. The van der Waals surface area contributed by atoms with Crippen LogP contribution in [0.5, 0.6) is 23.1 Å². The number of rotatable bonds is 8. The number of ether oxygens (including phenoxy) is 3. The maximum Gasteiger partial charge on any atom is 0.262 e. The van der Waals surface area contributed by atoms with Crippen molar-refractivity contribution in [3.63, 3.8) is 0 Å². The van der Waals surface area contributed by atoms with Gasteiger partial charge in [-0.25, -0.2) is 23.4 Å². The molecule has 0 radical (unpaired) electrons. The summed E-state index contributed by atoms with van der Waals surface area (Å²) in [5.41, 5.74) is 0.369. The summed E-state index contributed by atoms with van der Waals surface area (Å²) < 4.78 is 45.8. The van der Waals surface area contributed by atoms with Crippen molar-refractivity contribution in [1.82, 2.24) is 19.5 Å². The predicted octanol–water partition coefficient (Wildman–Crippen LogP) is 3.27. The number of benzene rings is 2. The standard InChI is InChI=1S/C21H19N5O5S/c1-29-18-8-7-17(11-19(18)30-2)32(27,28)25-15-3-5-16(6-4-15)31-21-12-20(23-13-24-21)26-10-9-22-14-26/h3-14,25H,1-2H3. The Balaban J connectivity index is 1.48. The second-order valence-electron chi connectivity index (χ2n) is 6.43. The molecule has 0 aliphatic heterocycles. The first kappa shape index (κ1) is 21.1. The van der Waals surface area contributed by atoms with E-state index in [1.54, 1.807) is 53.6 Å². The zero-order chi connectivity index (χ0) is 22.6. The molecular formula is C21H19N5O5S. The molecule has 0 aliphatic rings. The van der Waals surface area contributed by atoms with Gasteiger partial charge in [0.25, 0.3) is 10.0 Å². The molecule has 0 fully saturated rings. The Labute approximate surface area is 184 Å². The van der Waals surface area contributed by atoms with Crippen LogP contribution in [0.2, 0.25) is 0 Å². The molecule has 0 aliphatic carbocycles. The van der Waals surface area contributed by atoms with Crippen LogP contribution in [0.15, 0.2) is 78.5 Å². The number of hydrogen-bond donors (Lipinski definition) is 1. The molecule has 0 saturated heterocycles. The lowest BCUT2D eigenvalue weighted by molar-refractivity contribution is 0.354. The Bertz CT molecular complexity index is 1310. The Kier molecular flexibility index (Phi) is 5.90. The second-order valence-corrected chi connectivity index (χ2v) is 8.12. The van der Waals surface area contributed by atoms with Crippen molar-refractivity contribution in [2.45, 2.75) is 4.90 Å². The van der Waals surface area contributed by atoms with Crippen molar-refractivity contribution < 1.29 is 22.6 Å². The molecule has 2 aromatic carbocycles. The van der Waals surface area contributed by atoms with Gasteiger partial charge in [-0.3, -0.25) is 9.29 Å². The molecule has 2 aromatic heterocycles. The van der Waals surface area contributed by atoms with E-state index in [1.807, 2.05) is 0 Å². The van der Waals surface area contributed by atoms with Gasteiger partial charge >= 0.3 is 0 Å². The number of sulfonamides is 1. The fraction of sp³-hybridized carbons (Fsp3) is 0.0952. The van der Waals surface area contributed by atoms with Gasteiger partial charge < -0.3 is 14.2 Å². The summed E-state index contributed by atoms with van der Waals surface area (Å²) in [5.74, 6) is 2.18. The van der Waals surface area contributed by atoms with Gasteiger partial charge in [0, 0.05) is 30.2 Å². The maximum atomic E-state index is 12.7. The van der Waals surface area contributed by atoms with Gasteiger partial charge in [0.05, 0.1) is 19.1 Å². The van der Waals surface area contributed by atoms with E-state index in [-0.39, 0.29) is 4.90 Å². The molecular weight excluding hydrogens is 434 g/mol. The van der Waals surface area contributed by atoms with Crippen molar-refractivity contribution in [1.29, 1.82) is 0 Å². The fourth-order valence-corrected chi connectivity index (χ4v) is 3.90. The normalized spacial score (nSPS) is 11.1. The molecule has 0 atom stereocenters. The molecule has 1 N–H and O–H groups in total. The minimum atomic E-state index is -3.83. The number of hydrogen-bond acceptors (Lipinski definition) is 8. The van der Waals surface area contributed by atoms with E-state index in [0.717, 1.165) is 0 Å². The summed E-state index contributed by atoms with van der Waals surface area (Å²) in [4.78, 5) is 12.3. The Morgan fingerprint density at radius 1 is 0.938 bits per heavy atom. The van der Waals surface area contributed by atoms with Crippen LogP contribution < -0.4 is 18.9 Å². The first-order valence-electron chi connectivity index (χ1n) is 9.31. The van der Waals surface area contributed by atoms with Gasteiger partial charge in [-0.1, -0.05) is 0 Å². The number of imidazole rings is 1. The Morgan fingerprint density at radius 2 is 1.72 bits per heavy atom. The van der Waals surface area contributed by atoms with E-state index < -0.39 is 10.0 Å². The van der Waals surface area contributed by atoms with Crippen molar-refractivity contribution in [3.8, 4) is 28.9 Å². The largest absolute Gasteiger partial charge is 0.493 e. The van der Waals surface area contributed by atoms with E-state index in [1.165, 1.54) is 38.7 Å². The first-order chi connectivity index (χ1) is 15.5. The summed E-state index contributed by atoms with van der Waals surface area (Å²) in [5, 5.41) is 0. The van der Waals surface area contributed by atoms with E-state index in [9.17, 15) is 8.42 Å².